The maximum atomic E-state index is 11.1. The highest BCUT2D eigenvalue weighted by molar-refractivity contribution is 5.74. The van der Waals surface area contributed by atoms with Crippen molar-refractivity contribution in [2.75, 3.05) is 6.54 Å². The molecule has 2 atom stereocenters. The van der Waals surface area contributed by atoms with Gasteiger partial charge in [0.15, 0.2) is 0 Å². The van der Waals surface area contributed by atoms with E-state index in [0.717, 1.165) is 25.8 Å². The summed E-state index contributed by atoms with van der Waals surface area (Å²) in [5, 5.41) is 9.58. The zero-order valence-electron chi connectivity index (χ0n) is 7.79. The van der Waals surface area contributed by atoms with E-state index < -0.39 is 0 Å². The average molecular weight is 171 g/mol. The summed E-state index contributed by atoms with van der Waals surface area (Å²) in [6.45, 7) is 4.33. The fourth-order valence-corrected chi connectivity index (χ4v) is 1.86. The number of hydrogen-bond donors (Lipinski definition) is 1. The molecule has 0 aromatic rings. The van der Waals surface area contributed by atoms with Crippen LogP contribution >= 0.6 is 0 Å². The van der Waals surface area contributed by atoms with Gasteiger partial charge in [-0.2, -0.15) is 0 Å². The van der Waals surface area contributed by atoms with Gasteiger partial charge in [0, 0.05) is 13.5 Å². The van der Waals surface area contributed by atoms with Gasteiger partial charge in [-0.1, -0.05) is 6.92 Å². The minimum Gasteiger partial charge on any atom is -0.391 e. The van der Waals surface area contributed by atoms with Crippen LogP contribution in [0.25, 0.3) is 0 Å². The minimum absolute atomic E-state index is 0.0764. The summed E-state index contributed by atoms with van der Waals surface area (Å²) < 4.78 is 0. The molecule has 0 radical (unpaired) electrons. The molecule has 1 rings (SSSR count). The monoisotopic (exact) mass is 171 g/mol. The van der Waals surface area contributed by atoms with E-state index in [9.17, 15) is 9.90 Å². The Balaban J connectivity index is 2.57. The number of carbonyl (C=O) groups is 1. The molecule has 0 saturated carbocycles. The van der Waals surface area contributed by atoms with Crippen molar-refractivity contribution in [1.29, 1.82) is 0 Å². The molecule has 1 N–H and O–H groups in total. The Morgan fingerprint density at radius 3 is 2.92 bits per heavy atom. The number of aliphatic hydroxyl groups is 1. The van der Waals surface area contributed by atoms with E-state index in [4.69, 9.17) is 0 Å². The quantitative estimate of drug-likeness (QED) is 0.666. The molecule has 1 amide bonds. The first-order chi connectivity index (χ1) is 5.66. The second-order valence-electron chi connectivity index (χ2n) is 3.40. The number of nitrogens with zero attached hydrogens (tertiary/aromatic N) is 1. The summed E-state index contributed by atoms with van der Waals surface area (Å²) in [7, 11) is 0. The van der Waals surface area contributed by atoms with Gasteiger partial charge in [-0.3, -0.25) is 4.79 Å². The van der Waals surface area contributed by atoms with Crippen LogP contribution in [-0.4, -0.2) is 34.6 Å². The van der Waals surface area contributed by atoms with Gasteiger partial charge in [0.25, 0.3) is 0 Å². The van der Waals surface area contributed by atoms with Gasteiger partial charge in [0.1, 0.15) is 0 Å². The van der Waals surface area contributed by atoms with Crippen LogP contribution in [0.4, 0.5) is 0 Å². The molecule has 1 aliphatic heterocycles. The summed E-state index contributed by atoms with van der Waals surface area (Å²) in [5.74, 6) is 0.0880. The van der Waals surface area contributed by atoms with E-state index in [2.05, 4.69) is 0 Å². The van der Waals surface area contributed by atoms with Gasteiger partial charge in [0.2, 0.25) is 5.91 Å². The molecule has 0 aliphatic carbocycles. The molecule has 0 spiro atoms. The third-order valence-electron chi connectivity index (χ3n) is 2.57. The first kappa shape index (κ1) is 9.52. The smallest absolute Gasteiger partial charge is 0.219 e. The van der Waals surface area contributed by atoms with Crippen LogP contribution in [0.2, 0.25) is 0 Å². The number of amides is 1. The predicted molar refractivity (Wildman–Crippen MR) is 46.7 cm³/mol. The average Bonchev–Trinajstić information content (AvgIpc) is 2.50. The zero-order valence-corrected chi connectivity index (χ0v) is 7.79. The standard InChI is InChI=1S/C9H17NO2/c1-3-9(12)8-5-4-6-10(8)7(2)11/h8-9,12H,3-6H2,1-2H3. The molecule has 0 bridgehead atoms. The van der Waals surface area contributed by atoms with E-state index in [1.807, 2.05) is 6.92 Å². The van der Waals surface area contributed by atoms with E-state index >= 15 is 0 Å². The Morgan fingerprint density at radius 1 is 1.75 bits per heavy atom. The van der Waals surface area contributed by atoms with Crippen LogP contribution in [0.3, 0.4) is 0 Å². The molecule has 0 aromatic carbocycles. The summed E-state index contributed by atoms with van der Waals surface area (Å²) in [6.07, 6.45) is 2.38. The Labute approximate surface area is 73.4 Å². The fourth-order valence-electron chi connectivity index (χ4n) is 1.86. The molecule has 1 fully saturated rings. The van der Waals surface area contributed by atoms with Crippen LogP contribution in [-0.2, 0) is 4.79 Å². The summed E-state index contributed by atoms with van der Waals surface area (Å²) >= 11 is 0. The van der Waals surface area contributed by atoms with Gasteiger partial charge >= 0.3 is 0 Å². The second kappa shape index (κ2) is 3.90. The molecular weight excluding hydrogens is 154 g/mol. The van der Waals surface area contributed by atoms with Gasteiger partial charge in [-0.25, -0.2) is 0 Å². The van der Waals surface area contributed by atoms with Crippen LogP contribution < -0.4 is 0 Å². The van der Waals surface area contributed by atoms with Crippen molar-refractivity contribution in [2.24, 2.45) is 0 Å². The third-order valence-corrected chi connectivity index (χ3v) is 2.57. The van der Waals surface area contributed by atoms with Gasteiger partial charge in [-0.05, 0) is 19.3 Å². The molecule has 2 unspecified atom stereocenters. The van der Waals surface area contributed by atoms with Gasteiger partial charge in [-0.15, -0.1) is 0 Å². The van der Waals surface area contributed by atoms with Gasteiger partial charge in [0.05, 0.1) is 12.1 Å². The summed E-state index contributed by atoms with van der Waals surface area (Å²) in [5.41, 5.74) is 0. The second-order valence-corrected chi connectivity index (χ2v) is 3.40. The molecule has 0 aromatic heterocycles. The maximum Gasteiger partial charge on any atom is 0.219 e. The van der Waals surface area contributed by atoms with Crippen molar-refractivity contribution in [3.8, 4) is 0 Å². The van der Waals surface area contributed by atoms with Crippen LogP contribution in [0.5, 0.6) is 0 Å². The lowest BCUT2D eigenvalue weighted by Gasteiger charge is -2.26. The number of hydrogen-bond acceptors (Lipinski definition) is 2. The first-order valence-electron chi connectivity index (χ1n) is 4.62. The van der Waals surface area contributed by atoms with Crippen LogP contribution in [0.15, 0.2) is 0 Å². The summed E-state index contributed by atoms with van der Waals surface area (Å²) in [4.78, 5) is 12.9. The lowest BCUT2D eigenvalue weighted by molar-refractivity contribution is -0.131. The molecule has 12 heavy (non-hydrogen) atoms. The van der Waals surface area contributed by atoms with Crippen molar-refractivity contribution in [2.45, 2.75) is 45.3 Å². The molecular formula is C9H17NO2. The van der Waals surface area contributed by atoms with Crippen LogP contribution in [0, 0.1) is 0 Å². The molecule has 3 nitrogen and oxygen atoms in total. The first-order valence-corrected chi connectivity index (χ1v) is 4.62. The Hall–Kier alpha value is -0.570. The number of carbonyl (C=O) groups excluding carboxylic acids is 1. The van der Waals surface area contributed by atoms with E-state index in [-0.39, 0.29) is 18.1 Å². The lowest BCUT2D eigenvalue weighted by atomic mass is 10.1. The number of likely N-dealkylation sites (tertiary alicyclic amines) is 1. The lowest BCUT2D eigenvalue weighted by Crippen LogP contribution is -2.41. The van der Waals surface area contributed by atoms with Crippen molar-refractivity contribution < 1.29 is 9.90 Å². The zero-order chi connectivity index (χ0) is 9.14. The van der Waals surface area contributed by atoms with E-state index in [1.54, 1.807) is 11.8 Å². The highest BCUT2D eigenvalue weighted by Crippen LogP contribution is 2.21. The highest BCUT2D eigenvalue weighted by Gasteiger charge is 2.30. The van der Waals surface area contributed by atoms with Crippen molar-refractivity contribution in [3.05, 3.63) is 0 Å². The van der Waals surface area contributed by atoms with Crippen molar-refractivity contribution >= 4 is 5.91 Å². The normalized spacial score (nSPS) is 25.9. The molecule has 70 valence electrons. The molecule has 1 aliphatic rings. The number of rotatable bonds is 2. The summed E-state index contributed by atoms with van der Waals surface area (Å²) in [6, 6.07) is 0.0764. The Morgan fingerprint density at radius 2 is 2.42 bits per heavy atom. The fraction of sp³-hybridized carbons (Fsp3) is 0.889. The Bertz CT molecular complexity index is 170. The highest BCUT2D eigenvalue weighted by atomic mass is 16.3. The molecule has 3 heteroatoms. The van der Waals surface area contributed by atoms with Gasteiger partial charge < -0.3 is 10.0 Å². The van der Waals surface area contributed by atoms with Crippen molar-refractivity contribution in [3.63, 3.8) is 0 Å². The largest absolute Gasteiger partial charge is 0.391 e. The minimum atomic E-state index is -0.337. The SMILES string of the molecule is CCC(O)C1CCCN1C(C)=O. The number of aliphatic hydroxyl groups excluding tert-OH is 1. The van der Waals surface area contributed by atoms with Crippen molar-refractivity contribution in [1.82, 2.24) is 4.90 Å². The predicted octanol–water partition coefficient (Wildman–Crippen LogP) is 0.768. The van der Waals surface area contributed by atoms with E-state index in [0.29, 0.717) is 0 Å². The maximum absolute atomic E-state index is 11.1. The third kappa shape index (κ3) is 1.78. The Kier molecular flexibility index (Phi) is 3.09. The molecule has 1 saturated heterocycles. The topological polar surface area (TPSA) is 40.5 Å². The van der Waals surface area contributed by atoms with E-state index in [1.165, 1.54) is 0 Å². The van der Waals surface area contributed by atoms with Crippen LogP contribution in [0.1, 0.15) is 33.1 Å². The molecule has 1 heterocycles.